The fraction of sp³-hybridized carbons (Fsp3) is 0.417. The summed E-state index contributed by atoms with van der Waals surface area (Å²) in [7, 11) is 2.97. The van der Waals surface area contributed by atoms with E-state index in [0.717, 1.165) is 0 Å². The minimum absolute atomic E-state index is 0.0541. The van der Waals surface area contributed by atoms with E-state index in [1.807, 2.05) is 0 Å². The summed E-state index contributed by atoms with van der Waals surface area (Å²) in [5.74, 6) is 0.0362. The summed E-state index contributed by atoms with van der Waals surface area (Å²) in [5.41, 5.74) is 0. The largest absolute Gasteiger partial charge is 0.483 e. The molecule has 1 aromatic rings. The zero-order chi connectivity index (χ0) is 16.0. The van der Waals surface area contributed by atoms with E-state index in [-0.39, 0.29) is 23.5 Å². The van der Waals surface area contributed by atoms with Crippen LogP contribution >= 0.6 is 26.6 Å². The maximum Gasteiger partial charge on any atom is 0.261 e. The summed E-state index contributed by atoms with van der Waals surface area (Å²) >= 11 is 3.17. The Labute approximate surface area is 136 Å². The van der Waals surface area contributed by atoms with Gasteiger partial charge in [0.2, 0.25) is 0 Å². The fourth-order valence-corrected chi connectivity index (χ4v) is 2.92. The number of benzene rings is 1. The molecule has 0 aliphatic rings. The molecule has 0 aliphatic carbocycles. The first kappa shape index (κ1) is 18.2. The van der Waals surface area contributed by atoms with Crippen LogP contribution in [0.3, 0.4) is 0 Å². The quantitative estimate of drug-likeness (QED) is 0.707. The molecule has 0 aliphatic heterocycles. The second-order valence-corrected chi connectivity index (χ2v) is 7.66. The van der Waals surface area contributed by atoms with Gasteiger partial charge in [-0.3, -0.25) is 4.79 Å². The van der Waals surface area contributed by atoms with E-state index in [1.54, 1.807) is 14.0 Å². The van der Waals surface area contributed by atoms with Gasteiger partial charge in [-0.2, -0.15) is 0 Å². The van der Waals surface area contributed by atoms with Crippen LogP contribution in [0.25, 0.3) is 0 Å². The summed E-state index contributed by atoms with van der Waals surface area (Å²) in [5, 5.41) is 2.68. The number of hydrogen-bond acceptors (Lipinski definition) is 5. The van der Waals surface area contributed by atoms with Crippen molar-refractivity contribution in [2.45, 2.75) is 17.9 Å². The van der Waals surface area contributed by atoms with Crippen LogP contribution in [0.1, 0.15) is 6.92 Å². The Morgan fingerprint density at radius 2 is 2.14 bits per heavy atom. The summed E-state index contributed by atoms with van der Waals surface area (Å²) in [6.45, 7) is 2.01. The van der Waals surface area contributed by atoms with Gasteiger partial charge in [-0.05, 0) is 41.1 Å². The Bertz CT molecular complexity index is 608. The molecule has 6 nitrogen and oxygen atoms in total. The first-order valence-corrected chi connectivity index (χ1v) is 8.99. The Morgan fingerprint density at radius 1 is 1.48 bits per heavy atom. The average molecular weight is 401 g/mol. The van der Waals surface area contributed by atoms with E-state index in [0.29, 0.717) is 16.8 Å². The predicted molar refractivity (Wildman–Crippen MR) is 82.2 cm³/mol. The number of carbonyl (C=O) groups is 1. The maximum absolute atomic E-state index is 11.6. The number of hydrogen-bond donors (Lipinski definition) is 1. The number of ether oxygens (including phenoxy) is 2. The van der Waals surface area contributed by atoms with Crippen LogP contribution in [0.15, 0.2) is 27.6 Å². The molecule has 21 heavy (non-hydrogen) atoms. The van der Waals surface area contributed by atoms with Crippen molar-refractivity contribution < 1.29 is 22.7 Å². The van der Waals surface area contributed by atoms with Gasteiger partial charge in [-0.1, -0.05) is 0 Å². The number of nitrogens with one attached hydrogen (secondary N) is 1. The fourth-order valence-electron chi connectivity index (χ4n) is 1.50. The van der Waals surface area contributed by atoms with Crippen LogP contribution in [-0.4, -0.2) is 40.7 Å². The molecule has 0 radical (unpaired) electrons. The molecule has 118 valence electrons. The lowest BCUT2D eigenvalue weighted by Crippen LogP contribution is -2.38. The molecule has 0 fully saturated rings. The molecule has 1 unspecified atom stereocenters. The Balaban J connectivity index is 2.62. The SMILES string of the molecule is COCC(C)NC(=O)COc1ccc(S(=O)(=O)Cl)cc1Br. The van der Waals surface area contributed by atoms with Gasteiger partial charge in [0.25, 0.3) is 15.0 Å². The van der Waals surface area contributed by atoms with E-state index in [1.165, 1.54) is 18.2 Å². The van der Waals surface area contributed by atoms with Gasteiger partial charge in [-0.25, -0.2) is 8.42 Å². The molecule has 0 bridgehead atoms. The van der Waals surface area contributed by atoms with Crippen molar-refractivity contribution in [3.05, 3.63) is 22.7 Å². The Hall–Kier alpha value is -0.830. The van der Waals surface area contributed by atoms with Crippen LogP contribution in [0.2, 0.25) is 0 Å². The highest BCUT2D eigenvalue weighted by molar-refractivity contribution is 9.10. The predicted octanol–water partition coefficient (Wildman–Crippen LogP) is 1.91. The first-order valence-electron chi connectivity index (χ1n) is 5.89. The van der Waals surface area contributed by atoms with Crippen molar-refractivity contribution in [3.8, 4) is 5.75 Å². The van der Waals surface area contributed by atoms with Crippen LogP contribution < -0.4 is 10.1 Å². The van der Waals surface area contributed by atoms with Crippen molar-refractivity contribution in [3.63, 3.8) is 0 Å². The minimum atomic E-state index is -3.80. The topological polar surface area (TPSA) is 81.7 Å². The van der Waals surface area contributed by atoms with E-state index in [4.69, 9.17) is 20.2 Å². The summed E-state index contributed by atoms with van der Waals surface area (Å²) in [4.78, 5) is 11.6. The number of halogens is 2. The molecule has 0 heterocycles. The molecule has 9 heteroatoms. The van der Waals surface area contributed by atoms with Gasteiger partial charge in [0.1, 0.15) is 5.75 Å². The van der Waals surface area contributed by atoms with Crippen molar-refractivity contribution in [1.82, 2.24) is 5.32 Å². The highest BCUT2D eigenvalue weighted by atomic mass is 79.9. The van der Waals surface area contributed by atoms with Gasteiger partial charge in [-0.15, -0.1) is 0 Å². The van der Waals surface area contributed by atoms with Crippen molar-refractivity contribution in [2.24, 2.45) is 0 Å². The second-order valence-electron chi connectivity index (χ2n) is 4.24. The smallest absolute Gasteiger partial charge is 0.261 e. The summed E-state index contributed by atoms with van der Waals surface area (Å²) < 4.78 is 32.9. The molecular weight excluding hydrogens is 386 g/mol. The standard InChI is InChI=1S/C12H15BrClNO5S/c1-8(6-19-2)15-12(16)7-20-11-4-3-9(5-10(11)13)21(14,17)18/h3-5,8H,6-7H2,1-2H3,(H,15,16). The van der Waals surface area contributed by atoms with Crippen molar-refractivity contribution in [2.75, 3.05) is 20.3 Å². The molecule has 1 atom stereocenters. The third-order valence-electron chi connectivity index (χ3n) is 2.37. The van der Waals surface area contributed by atoms with E-state index in [9.17, 15) is 13.2 Å². The van der Waals surface area contributed by atoms with Crippen LogP contribution in [-0.2, 0) is 18.6 Å². The highest BCUT2D eigenvalue weighted by Crippen LogP contribution is 2.29. The monoisotopic (exact) mass is 399 g/mol. The molecule has 1 aromatic carbocycles. The second kappa shape index (κ2) is 7.98. The third-order valence-corrected chi connectivity index (χ3v) is 4.34. The zero-order valence-electron chi connectivity index (χ0n) is 11.4. The molecule has 0 saturated heterocycles. The molecule has 0 aromatic heterocycles. The number of rotatable bonds is 7. The lowest BCUT2D eigenvalue weighted by atomic mass is 10.3. The number of amides is 1. The van der Waals surface area contributed by atoms with Crippen LogP contribution in [0, 0.1) is 0 Å². The first-order chi connectivity index (χ1) is 9.74. The molecule has 0 saturated carbocycles. The van der Waals surface area contributed by atoms with Crippen LogP contribution in [0.4, 0.5) is 0 Å². The minimum Gasteiger partial charge on any atom is -0.483 e. The van der Waals surface area contributed by atoms with Gasteiger partial charge in [0.05, 0.1) is 16.0 Å². The molecular formula is C12H15BrClNO5S. The average Bonchev–Trinajstić information content (AvgIpc) is 2.36. The van der Waals surface area contributed by atoms with Gasteiger partial charge in [0, 0.05) is 23.8 Å². The molecule has 1 rings (SSSR count). The van der Waals surface area contributed by atoms with Gasteiger partial charge < -0.3 is 14.8 Å². The van der Waals surface area contributed by atoms with E-state index >= 15 is 0 Å². The summed E-state index contributed by atoms with van der Waals surface area (Å²) in [6.07, 6.45) is 0. The van der Waals surface area contributed by atoms with E-state index < -0.39 is 9.05 Å². The highest BCUT2D eigenvalue weighted by Gasteiger charge is 2.14. The van der Waals surface area contributed by atoms with Crippen molar-refractivity contribution >= 4 is 41.6 Å². The van der Waals surface area contributed by atoms with Crippen molar-refractivity contribution in [1.29, 1.82) is 0 Å². The van der Waals surface area contributed by atoms with Gasteiger partial charge in [0.15, 0.2) is 6.61 Å². The number of carbonyl (C=O) groups excluding carboxylic acids is 1. The molecule has 1 N–H and O–H groups in total. The number of methoxy groups -OCH3 is 1. The molecule has 0 spiro atoms. The Kier molecular flexibility index (Phi) is 6.92. The maximum atomic E-state index is 11.6. The lowest BCUT2D eigenvalue weighted by molar-refractivity contribution is -0.124. The normalized spacial score (nSPS) is 12.8. The third kappa shape index (κ3) is 6.21. The zero-order valence-corrected chi connectivity index (χ0v) is 14.6. The van der Waals surface area contributed by atoms with Crippen LogP contribution in [0.5, 0.6) is 5.75 Å². The molecule has 1 amide bonds. The lowest BCUT2D eigenvalue weighted by Gasteiger charge is -2.13. The summed E-state index contributed by atoms with van der Waals surface area (Å²) in [6, 6.07) is 3.90. The van der Waals surface area contributed by atoms with Gasteiger partial charge >= 0.3 is 0 Å². The Morgan fingerprint density at radius 3 is 2.67 bits per heavy atom. The van der Waals surface area contributed by atoms with E-state index in [2.05, 4.69) is 21.2 Å².